The van der Waals surface area contributed by atoms with Gasteiger partial charge in [0.2, 0.25) is 0 Å². The quantitative estimate of drug-likeness (QED) is 0.805. The predicted octanol–water partition coefficient (Wildman–Crippen LogP) is 3.18. The van der Waals surface area contributed by atoms with Crippen LogP contribution in [0.25, 0.3) is 0 Å². The van der Waals surface area contributed by atoms with Crippen molar-refractivity contribution in [2.75, 3.05) is 32.7 Å². The van der Waals surface area contributed by atoms with E-state index in [9.17, 15) is 0 Å². The fourth-order valence-corrected chi connectivity index (χ4v) is 3.71. The highest BCUT2D eigenvalue weighted by atomic mass is 15.3. The van der Waals surface area contributed by atoms with E-state index in [2.05, 4.69) is 65.6 Å². The van der Waals surface area contributed by atoms with Gasteiger partial charge >= 0.3 is 0 Å². The minimum Gasteiger partial charge on any atom is -0.352 e. The number of nitrogens with zero attached hydrogens (tertiary/aromatic N) is 4. The molecule has 2 aliphatic heterocycles. The summed E-state index contributed by atoms with van der Waals surface area (Å²) in [6.45, 7) is 13.0. The van der Waals surface area contributed by atoms with Gasteiger partial charge in [0, 0.05) is 38.9 Å². The number of aromatic nitrogens is 1. The van der Waals surface area contributed by atoms with E-state index < -0.39 is 0 Å². The van der Waals surface area contributed by atoms with Gasteiger partial charge in [0.1, 0.15) is 0 Å². The highest BCUT2D eigenvalue weighted by Crippen LogP contribution is 2.29. The molecule has 0 radical (unpaired) electrons. The van der Waals surface area contributed by atoms with Crippen LogP contribution in [0, 0.1) is 13.8 Å². The Labute approximate surface area is 144 Å². The van der Waals surface area contributed by atoms with Crippen molar-refractivity contribution in [3.8, 4) is 0 Å². The van der Waals surface area contributed by atoms with Crippen LogP contribution in [-0.2, 0) is 6.54 Å². The summed E-state index contributed by atoms with van der Waals surface area (Å²) in [5, 5.41) is 0. The second kappa shape index (κ2) is 6.10. The van der Waals surface area contributed by atoms with Crippen molar-refractivity contribution >= 4 is 11.5 Å². The third-order valence-electron chi connectivity index (χ3n) is 5.44. The van der Waals surface area contributed by atoms with Crippen molar-refractivity contribution in [2.45, 2.75) is 27.3 Å². The van der Waals surface area contributed by atoms with Gasteiger partial charge in [0.05, 0.1) is 11.4 Å². The van der Waals surface area contributed by atoms with Crippen LogP contribution < -0.4 is 0 Å². The Hall–Kier alpha value is -2.07. The number of aliphatic imine (C=N–C) groups is 1. The van der Waals surface area contributed by atoms with Crippen LogP contribution >= 0.6 is 0 Å². The molecular weight excluding hydrogens is 296 g/mol. The molecule has 0 aliphatic carbocycles. The van der Waals surface area contributed by atoms with Crippen LogP contribution in [-0.4, -0.2) is 52.9 Å². The smallest absolute Gasteiger partial charge is 0.153 e. The lowest BCUT2D eigenvalue weighted by molar-refractivity contribution is 0.190. The van der Waals surface area contributed by atoms with Crippen LogP contribution in [0.5, 0.6) is 0 Å². The predicted molar refractivity (Wildman–Crippen MR) is 99.3 cm³/mol. The first kappa shape index (κ1) is 15.5. The molecule has 2 aromatic rings. The number of hydrogen-bond acceptors (Lipinski definition) is 3. The molecule has 0 N–H and O–H groups in total. The van der Waals surface area contributed by atoms with Gasteiger partial charge in [0.15, 0.2) is 5.84 Å². The van der Waals surface area contributed by atoms with Crippen molar-refractivity contribution < 1.29 is 0 Å². The van der Waals surface area contributed by atoms with Crippen LogP contribution in [0.1, 0.15) is 29.3 Å². The molecule has 4 nitrogen and oxygen atoms in total. The summed E-state index contributed by atoms with van der Waals surface area (Å²) in [4.78, 5) is 10.1. The third-order valence-corrected chi connectivity index (χ3v) is 5.44. The summed E-state index contributed by atoms with van der Waals surface area (Å²) >= 11 is 0. The molecular formula is C20H26N4. The normalized spacial score (nSPS) is 18.0. The maximum absolute atomic E-state index is 5.13. The maximum atomic E-state index is 5.13. The Balaban J connectivity index is 1.76. The average molecular weight is 322 g/mol. The van der Waals surface area contributed by atoms with Gasteiger partial charge in [-0.25, -0.2) is 4.99 Å². The van der Waals surface area contributed by atoms with Crippen molar-refractivity contribution in [2.24, 2.45) is 4.99 Å². The van der Waals surface area contributed by atoms with Gasteiger partial charge in [-0.3, -0.25) is 0 Å². The van der Waals surface area contributed by atoms with Crippen molar-refractivity contribution in [1.29, 1.82) is 0 Å². The Kier molecular flexibility index (Phi) is 3.93. The Morgan fingerprint density at radius 1 is 1.04 bits per heavy atom. The molecule has 0 atom stereocenters. The van der Waals surface area contributed by atoms with Gasteiger partial charge in [-0.2, -0.15) is 0 Å². The lowest BCUT2D eigenvalue weighted by Crippen LogP contribution is -2.49. The van der Waals surface area contributed by atoms with E-state index in [1.54, 1.807) is 0 Å². The molecule has 3 heterocycles. The van der Waals surface area contributed by atoms with E-state index in [-0.39, 0.29) is 0 Å². The fraction of sp³-hybridized carbons (Fsp3) is 0.450. The van der Waals surface area contributed by atoms with E-state index in [1.165, 1.54) is 22.4 Å². The lowest BCUT2D eigenvalue weighted by Gasteiger charge is -2.35. The molecule has 0 unspecified atom stereocenters. The monoisotopic (exact) mass is 322 g/mol. The zero-order chi connectivity index (χ0) is 16.7. The van der Waals surface area contributed by atoms with E-state index in [4.69, 9.17) is 4.99 Å². The lowest BCUT2D eigenvalue weighted by atomic mass is 10.0. The third kappa shape index (κ3) is 2.65. The van der Waals surface area contributed by atoms with Crippen LogP contribution in [0.3, 0.4) is 0 Å². The Morgan fingerprint density at radius 3 is 2.54 bits per heavy atom. The largest absolute Gasteiger partial charge is 0.352 e. The van der Waals surface area contributed by atoms with E-state index in [0.29, 0.717) is 0 Å². The van der Waals surface area contributed by atoms with E-state index in [0.717, 1.165) is 50.8 Å². The van der Waals surface area contributed by atoms with Gasteiger partial charge < -0.3 is 14.4 Å². The van der Waals surface area contributed by atoms with Crippen molar-refractivity contribution in [3.05, 3.63) is 52.8 Å². The summed E-state index contributed by atoms with van der Waals surface area (Å²) in [6, 6.07) is 8.89. The number of rotatable bonds is 1. The fourth-order valence-electron chi connectivity index (χ4n) is 3.71. The first-order valence-electron chi connectivity index (χ1n) is 8.97. The number of benzene rings is 1. The number of fused-ring (bicyclic) bond motifs is 2. The molecule has 2 aliphatic rings. The molecule has 0 amide bonds. The van der Waals surface area contributed by atoms with Gasteiger partial charge in [-0.15, -0.1) is 0 Å². The molecule has 1 aromatic carbocycles. The molecule has 0 saturated carbocycles. The molecule has 0 spiro atoms. The second-order valence-electron chi connectivity index (χ2n) is 6.94. The number of piperazine rings is 1. The van der Waals surface area contributed by atoms with Crippen LogP contribution in [0.15, 0.2) is 35.5 Å². The average Bonchev–Trinajstić information content (AvgIpc) is 2.99. The Bertz CT molecular complexity index is 779. The van der Waals surface area contributed by atoms with Crippen molar-refractivity contribution in [1.82, 2.24) is 14.4 Å². The highest BCUT2D eigenvalue weighted by molar-refractivity contribution is 6.00. The maximum Gasteiger partial charge on any atom is 0.153 e. The zero-order valence-corrected chi connectivity index (χ0v) is 14.9. The number of hydrogen-bond donors (Lipinski definition) is 0. The molecule has 4 rings (SSSR count). The SMILES string of the molecule is CCN1CCN(C2=Nc3cc(C)c(C)cc3Cn3cccc32)CC1. The Morgan fingerprint density at radius 2 is 1.79 bits per heavy atom. The minimum absolute atomic E-state index is 0.903. The second-order valence-corrected chi connectivity index (χ2v) is 6.94. The van der Waals surface area contributed by atoms with Crippen LogP contribution in [0.4, 0.5) is 5.69 Å². The summed E-state index contributed by atoms with van der Waals surface area (Å²) in [5.74, 6) is 1.14. The van der Waals surface area contributed by atoms with E-state index in [1.807, 2.05) is 0 Å². The highest BCUT2D eigenvalue weighted by Gasteiger charge is 2.24. The van der Waals surface area contributed by atoms with Gasteiger partial charge in [-0.05, 0) is 55.3 Å². The van der Waals surface area contributed by atoms with Crippen LogP contribution in [0.2, 0.25) is 0 Å². The summed E-state index contributed by atoms with van der Waals surface area (Å²) in [7, 11) is 0. The summed E-state index contributed by atoms with van der Waals surface area (Å²) < 4.78 is 2.34. The van der Waals surface area contributed by atoms with Gasteiger partial charge in [0.25, 0.3) is 0 Å². The number of amidine groups is 1. The molecule has 0 bridgehead atoms. The molecule has 1 saturated heterocycles. The molecule has 1 aromatic heterocycles. The number of likely N-dealkylation sites (N-methyl/N-ethyl adjacent to an activating group) is 1. The molecule has 4 heteroatoms. The van der Waals surface area contributed by atoms with Crippen molar-refractivity contribution in [3.63, 3.8) is 0 Å². The zero-order valence-electron chi connectivity index (χ0n) is 14.9. The molecule has 126 valence electrons. The van der Waals surface area contributed by atoms with E-state index >= 15 is 0 Å². The number of aryl methyl sites for hydroxylation is 2. The summed E-state index contributed by atoms with van der Waals surface area (Å²) in [5.41, 5.74) is 6.36. The topological polar surface area (TPSA) is 23.8 Å². The minimum atomic E-state index is 0.903. The molecule has 24 heavy (non-hydrogen) atoms. The summed E-state index contributed by atoms with van der Waals surface area (Å²) in [6.07, 6.45) is 2.18. The van der Waals surface area contributed by atoms with Gasteiger partial charge in [-0.1, -0.05) is 13.0 Å². The first-order chi connectivity index (χ1) is 11.7. The molecule has 1 fully saturated rings. The standard InChI is InChI=1S/C20H26N4/c1-4-22-8-10-23(11-9-22)20-19-6-5-7-24(19)14-17-12-15(2)16(3)13-18(17)21-20/h5-7,12-13H,4,8-11,14H2,1-3H3. The first-order valence-corrected chi connectivity index (χ1v) is 8.97.